The molecule has 0 saturated carbocycles. The molecule has 1 aliphatic rings. The van der Waals surface area contributed by atoms with Gasteiger partial charge in [0.1, 0.15) is 5.75 Å². The van der Waals surface area contributed by atoms with Gasteiger partial charge in [0, 0.05) is 24.7 Å². The number of benzene rings is 2. The normalized spacial score (nSPS) is 16.4. The molecule has 0 fully saturated rings. The number of rotatable bonds is 5. The molecule has 28 heavy (non-hydrogen) atoms. The minimum Gasteiger partial charge on any atom is -0.493 e. The lowest BCUT2D eigenvalue weighted by Crippen LogP contribution is -2.35. The van der Waals surface area contributed by atoms with E-state index in [2.05, 4.69) is 5.32 Å². The molecule has 1 unspecified atom stereocenters. The zero-order chi connectivity index (χ0) is 20.3. The molecular weight excluding hydrogens is 384 g/mol. The third kappa shape index (κ3) is 4.14. The zero-order valence-corrected chi connectivity index (χ0v) is 16.7. The Morgan fingerprint density at radius 1 is 1.14 bits per heavy atom. The topological polar surface area (TPSA) is 94.2 Å². The molecule has 1 N–H and O–H groups in total. The van der Waals surface area contributed by atoms with Crippen molar-refractivity contribution in [3.05, 3.63) is 42.5 Å². The van der Waals surface area contributed by atoms with Gasteiger partial charge in [0.05, 0.1) is 26.2 Å². The molecule has 1 heterocycles. The molecule has 0 aliphatic carbocycles. The van der Waals surface area contributed by atoms with Crippen molar-refractivity contribution >= 4 is 27.3 Å². The molecule has 150 valence electrons. The van der Waals surface area contributed by atoms with E-state index in [-0.39, 0.29) is 18.9 Å². The Morgan fingerprint density at radius 3 is 2.54 bits per heavy atom. The van der Waals surface area contributed by atoms with E-state index in [9.17, 15) is 13.2 Å². The van der Waals surface area contributed by atoms with Crippen molar-refractivity contribution < 1.29 is 27.4 Å². The van der Waals surface area contributed by atoms with Crippen LogP contribution in [-0.4, -0.2) is 47.4 Å². The molecule has 2 aromatic rings. The Morgan fingerprint density at radius 2 is 1.86 bits per heavy atom. The highest BCUT2D eigenvalue weighted by Crippen LogP contribution is 2.34. The van der Waals surface area contributed by atoms with Gasteiger partial charge in [-0.25, -0.2) is 8.42 Å². The number of carbonyl (C=O) groups excluding carboxylic acids is 1. The van der Waals surface area contributed by atoms with Crippen molar-refractivity contribution in [2.24, 2.45) is 0 Å². The molecule has 3 rings (SSSR count). The number of nitrogens with one attached hydrogen (secondary N) is 1. The van der Waals surface area contributed by atoms with Crippen molar-refractivity contribution in [3.8, 4) is 17.2 Å². The lowest BCUT2D eigenvalue weighted by atomic mass is 10.2. The SMILES string of the molecule is COc1ccc(NC(=O)C2CCN(S(C)(=O)=O)c3ccccc3O2)cc1OC. The van der Waals surface area contributed by atoms with Crippen LogP contribution in [0.25, 0.3) is 0 Å². The van der Waals surface area contributed by atoms with Crippen molar-refractivity contribution in [2.75, 3.05) is 36.6 Å². The predicted molar refractivity (Wildman–Crippen MR) is 106 cm³/mol. The summed E-state index contributed by atoms with van der Waals surface area (Å²) >= 11 is 0. The first kappa shape index (κ1) is 19.8. The highest BCUT2D eigenvalue weighted by molar-refractivity contribution is 7.92. The molecule has 1 atom stereocenters. The van der Waals surface area contributed by atoms with Crippen molar-refractivity contribution in [1.82, 2.24) is 0 Å². The van der Waals surface area contributed by atoms with Crippen LogP contribution in [-0.2, 0) is 14.8 Å². The highest BCUT2D eigenvalue weighted by Gasteiger charge is 2.31. The van der Waals surface area contributed by atoms with Crippen molar-refractivity contribution in [2.45, 2.75) is 12.5 Å². The van der Waals surface area contributed by atoms with Crippen LogP contribution in [0.2, 0.25) is 0 Å². The van der Waals surface area contributed by atoms with E-state index in [4.69, 9.17) is 14.2 Å². The molecule has 2 aromatic carbocycles. The summed E-state index contributed by atoms with van der Waals surface area (Å²) in [4.78, 5) is 12.8. The summed E-state index contributed by atoms with van der Waals surface area (Å²) in [6, 6.07) is 11.8. The van der Waals surface area contributed by atoms with E-state index in [1.165, 1.54) is 18.5 Å². The number of ether oxygens (including phenoxy) is 3. The average Bonchev–Trinajstić information content (AvgIpc) is 2.87. The number of methoxy groups -OCH3 is 2. The first-order valence-corrected chi connectivity index (χ1v) is 10.4. The summed E-state index contributed by atoms with van der Waals surface area (Å²) in [5, 5.41) is 2.78. The van der Waals surface area contributed by atoms with E-state index in [0.717, 1.165) is 6.26 Å². The van der Waals surface area contributed by atoms with E-state index in [1.54, 1.807) is 42.5 Å². The maximum Gasteiger partial charge on any atom is 0.265 e. The van der Waals surface area contributed by atoms with Crippen LogP contribution in [0.1, 0.15) is 6.42 Å². The van der Waals surface area contributed by atoms with E-state index in [0.29, 0.717) is 28.6 Å². The molecule has 8 nitrogen and oxygen atoms in total. The second-order valence-electron chi connectivity index (χ2n) is 6.26. The molecule has 9 heteroatoms. The van der Waals surface area contributed by atoms with Crippen LogP contribution in [0.15, 0.2) is 42.5 Å². The van der Waals surface area contributed by atoms with Gasteiger partial charge in [0.2, 0.25) is 10.0 Å². The Labute approximate surface area is 164 Å². The van der Waals surface area contributed by atoms with E-state index in [1.807, 2.05) is 0 Å². The number of carbonyl (C=O) groups is 1. The van der Waals surface area contributed by atoms with Gasteiger partial charge in [0.25, 0.3) is 5.91 Å². The Balaban J connectivity index is 1.82. The minimum atomic E-state index is -3.50. The number of sulfonamides is 1. The molecule has 0 bridgehead atoms. The molecule has 0 saturated heterocycles. The number of fused-ring (bicyclic) bond motifs is 1. The second kappa shape index (κ2) is 7.97. The van der Waals surface area contributed by atoms with Crippen LogP contribution >= 0.6 is 0 Å². The molecular formula is C19H22N2O6S. The Bertz CT molecular complexity index is 976. The molecule has 0 aromatic heterocycles. The maximum absolute atomic E-state index is 12.8. The molecule has 1 aliphatic heterocycles. The van der Waals surface area contributed by atoms with Gasteiger partial charge in [-0.3, -0.25) is 9.10 Å². The fourth-order valence-corrected chi connectivity index (χ4v) is 3.94. The Kier molecular flexibility index (Phi) is 5.64. The molecule has 1 amide bonds. The van der Waals surface area contributed by atoms with Gasteiger partial charge in [-0.15, -0.1) is 0 Å². The number of anilines is 2. The molecule has 0 radical (unpaired) electrons. The maximum atomic E-state index is 12.8. The third-order valence-electron chi connectivity index (χ3n) is 4.34. The summed E-state index contributed by atoms with van der Waals surface area (Å²) in [6.07, 6.45) is 0.496. The molecule has 0 spiro atoms. The van der Waals surface area contributed by atoms with E-state index >= 15 is 0 Å². The standard InChI is InChI=1S/C19H22N2O6S/c1-25-16-9-8-13(12-18(16)26-2)20-19(22)17-10-11-21(28(3,23)24)14-6-4-5-7-15(14)27-17/h4-9,12,17H,10-11H2,1-3H3,(H,20,22). The zero-order valence-electron chi connectivity index (χ0n) is 15.8. The van der Waals surface area contributed by atoms with Crippen molar-refractivity contribution in [3.63, 3.8) is 0 Å². The van der Waals surface area contributed by atoms with E-state index < -0.39 is 16.1 Å². The number of nitrogens with zero attached hydrogens (tertiary/aromatic N) is 1. The lowest BCUT2D eigenvalue weighted by molar-refractivity contribution is -0.122. The second-order valence-corrected chi connectivity index (χ2v) is 8.16. The fraction of sp³-hybridized carbons (Fsp3) is 0.316. The number of amides is 1. The van der Waals surface area contributed by atoms with Gasteiger partial charge in [-0.1, -0.05) is 12.1 Å². The summed E-state index contributed by atoms with van der Waals surface area (Å²) in [5.41, 5.74) is 0.940. The quantitative estimate of drug-likeness (QED) is 0.819. The van der Waals surface area contributed by atoms with Crippen LogP contribution in [0.4, 0.5) is 11.4 Å². The van der Waals surface area contributed by atoms with Crippen LogP contribution in [0.5, 0.6) is 17.2 Å². The van der Waals surface area contributed by atoms with Gasteiger partial charge < -0.3 is 19.5 Å². The number of para-hydroxylation sites is 2. The number of hydrogen-bond acceptors (Lipinski definition) is 6. The summed E-state index contributed by atoms with van der Waals surface area (Å²) in [7, 11) is -0.459. The van der Waals surface area contributed by atoms with Crippen molar-refractivity contribution in [1.29, 1.82) is 0 Å². The van der Waals surface area contributed by atoms with Crippen LogP contribution in [0.3, 0.4) is 0 Å². The smallest absolute Gasteiger partial charge is 0.265 e. The largest absolute Gasteiger partial charge is 0.493 e. The highest BCUT2D eigenvalue weighted by atomic mass is 32.2. The first-order chi connectivity index (χ1) is 13.3. The van der Waals surface area contributed by atoms with Gasteiger partial charge >= 0.3 is 0 Å². The van der Waals surface area contributed by atoms with Gasteiger partial charge in [-0.05, 0) is 24.3 Å². The first-order valence-electron chi connectivity index (χ1n) is 8.59. The predicted octanol–water partition coefficient (Wildman–Crippen LogP) is 2.26. The van der Waals surface area contributed by atoms with Crippen LogP contribution < -0.4 is 23.8 Å². The summed E-state index contributed by atoms with van der Waals surface area (Å²) in [6.45, 7) is 0.139. The average molecular weight is 406 g/mol. The van der Waals surface area contributed by atoms with Gasteiger partial charge in [0.15, 0.2) is 17.6 Å². The lowest BCUT2D eigenvalue weighted by Gasteiger charge is -2.20. The summed E-state index contributed by atoms with van der Waals surface area (Å²) < 4.78 is 41.8. The van der Waals surface area contributed by atoms with Crippen LogP contribution in [0, 0.1) is 0 Å². The monoisotopic (exact) mass is 406 g/mol. The minimum absolute atomic E-state index is 0.139. The third-order valence-corrected chi connectivity index (χ3v) is 5.52. The van der Waals surface area contributed by atoms with Gasteiger partial charge in [-0.2, -0.15) is 0 Å². The number of hydrogen-bond donors (Lipinski definition) is 1. The Hall–Kier alpha value is -2.94. The fourth-order valence-electron chi connectivity index (χ4n) is 3.00. The summed E-state index contributed by atoms with van der Waals surface area (Å²) in [5.74, 6) is 0.995.